The van der Waals surface area contributed by atoms with Gasteiger partial charge in [-0.3, -0.25) is 4.79 Å². The van der Waals surface area contributed by atoms with Crippen molar-refractivity contribution < 1.29 is 4.79 Å². The highest BCUT2D eigenvalue weighted by Crippen LogP contribution is 2.36. The third-order valence-electron chi connectivity index (χ3n) is 3.44. The molecule has 0 saturated heterocycles. The average Bonchev–Trinajstić information content (AvgIpc) is 3.20. The molecule has 1 fully saturated rings. The Morgan fingerprint density at radius 2 is 2.05 bits per heavy atom. The molecule has 6 heteroatoms. The van der Waals surface area contributed by atoms with Crippen LogP contribution >= 0.6 is 23.2 Å². The Hall–Kier alpha value is -1.52. The molecule has 0 spiro atoms. The minimum absolute atomic E-state index is 0.0306. The van der Waals surface area contributed by atoms with E-state index in [9.17, 15) is 4.79 Å². The second-order valence-electron chi connectivity index (χ2n) is 5.00. The molecule has 4 nitrogen and oxygen atoms in total. The van der Waals surface area contributed by atoms with Crippen LogP contribution in [0.4, 0.5) is 5.82 Å². The predicted octanol–water partition coefficient (Wildman–Crippen LogP) is 3.80. The molecule has 0 unspecified atom stereocenters. The summed E-state index contributed by atoms with van der Waals surface area (Å²) in [4.78, 5) is 12.1. The fourth-order valence-corrected chi connectivity index (χ4v) is 2.52. The van der Waals surface area contributed by atoms with Gasteiger partial charge in [-0.1, -0.05) is 29.3 Å². The van der Waals surface area contributed by atoms with Gasteiger partial charge >= 0.3 is 0 Å². The molecule has 0 aliphatic heterocycles. The molecule has 2 N–H and O–H groups in total. The number of halogens is 2. The summed E-state index contributed by atoms with van der Waals surface area (Å²) >= 11 is 11.9. The molecule has 0 radical (unpaired) electrons. The van der Waals surface area contributed by atoms with Crippen molar-refractivity contribution in [2.45, 2.75) is 19.8 Å². The van der Waals surface area contributed by atoms with Crippen LogP contribution in [0.2, 0.25) is 10.0 Å². The van der Waals surface area contributed by atoms with Crippen LogP contribution in [-0.4, -0.2) is 15.7 Å². The van der Waals surface area contributed by atoms with E-state index in [0.29, 0.717) is 21.6 Å². The van der Waals surface area contributed by atoms with Crippen molar-refractivity contribution in [1.82, 2.24) is 9.78 Å². The number of rotatable bonds is 2. The summed E-state index contributed by atoms with van der Waals surface area (Å²) in [6, 6.07) is 5.26. The maximum absolute atomic E-state index is 12.1. The van der Waals surface area contributed by atoms with Crippen LogP contribution in [0, 0.1) is 12.8 Å². The first kappa shape index (κ1) is 13.5. The van der Waals surface area contributed by atoms with E-state index in [2.05, 4.69) is 5.10 Å². The zero-order valence-electron chi connectivity index (χ0n) is 10.9. The summed E-state index contributed by atoms with van der Waals surface area (Å²) in [6.45, 7) is 1.82. The molecule has 0 bridgehead atoms. The number of hydrogen-bond acceptors (Lipinski definition) is 3. The van der Waals surface area contributed by atoms with E-state index in [-0.39, 0.29) is 11.8 Å². The molecule has 1 aromatic heterocycles. The van der Waals surface area contributed by atoms with E-state index in [1.807, 2.05) is 13.0 Å². The molecule has 1 heterocycles. The smallest absolute Gasteiger partial charge is 0.251 e. The summed E-state index contributed by atoms with van der Waals surface area (Å²) in [7, 11) is 0. The Morgan fingerprint density at radius 3 is 2.65 bits per heavy atom. The lowest BCUT2D eigenvalue weighted by Crippen LogP contribution is -2.16. The van der Waals surface area contributed by atoms with Crippen molar-refractivity contribution in [3.05, 3.63) is 33.9 Å². The summed E-state index contributed by atoms with van der Waals surface area (Å²) in [6.07, 6.45) is 1.83. The normalized spacial score (nSPS) is 14.6. The highest BCUT2D eigenvalue weighted by atomic mass is 35.5. The number of carbonyl (C=O) groups is 1. The molecule has 3 rings (SSSR count). The van der Waals surface area contributed by atoms with Crippen LogP contribution in [0.25, 0.3) is 11.1 Å². The van der Waals surface area contributed by atoms with Gasteiger partial charge in [0.15, 0.2) is 0 Å². The predicted molar refractivity (Wildman–Crippen MR) is 80.2 cm³/mol. The number of nitrogen functional groups attached to an aromatic ring is 1. The summed E-state index contributed by atoms with van der Waals surface area (Å²) in [5.41, 5.74) is 8.34. The minimum Gasteiger partial charge on any atom is -0.383 e. The monoisotopic (exact) mass is 309 g/mol. The second kappa shape index (κ2) is 4.79. The van der Waals surface area contributed by atoms with Crippen molar-refractivity contribution in [3.8, 4) is 11.1 Å². The number of hydrogen-bond donors (Lipinski definition) is 1. The number of carbonyl (C=O) groups excluding carboxylic acids is 1. The molecule has 1 aliphatic rings. The third kappa shape index (κ3) is 2.19. The topological polar surface area (TPSA) is 60.9 Å². The first-order chi connectivity index (χ1) is 9.49. The highest BCUT2D eigenvalue weighted by molar-refractivity contribution is 6.42. The Balaban J connectivity index is 2.09. The summed E-state index contributed by atoms with van der Waals surface area (Å²) in [5, 5.41) is 5.19. The van der Waals surface area contributed by atoms with E-state index < -0.39 is 0 Å². The summed E-state index contributed by atoms with van der Waals surface area (Å²) < 4.78 is 1.31. The van der Waals surface area contributed by atoms with E-state index in [1.54, 1.807) is 12.1 Å². The van der Waals surface area contributed by atoms with Gasteiger partial charge in [0.1, 0.15) is 5.82 Å². The van der Waals surface area contributed by atoms with Gasteiger partial charge in [0, 0.05) is 11.5 Å². The number of benzene rings is 1. The molecule has 1 aromatic carbocycles. The van der Waals surface area contributed by atoms with Crippen molar-refractivity contribution in [2.75, 3.05) is 5.73 Å². The number of aryl methyl sites for hydroxylation is 1. The Bertz CT molecular complexity index is 705. The van der Waals surface area contributed by atoms with E-state index in [1.165, 1.54) is 4.68 Å². The van der Waals surface area contributed by atoms with Crippen molar-refractivity contribution >= 4 is 34.9 Å². The average molecular weight is 310 g/mol. The van der Waals surface area contributed by atoms with Gasteiger partial charge < -0.3 is 5.73 Å². The van der Waals surface area contributed by atoms with Crippen molar-refractivity contribution in [1.29, 1.82) is 0 Å². The van der Waals surface area contributed by atoms with Gasteiger partial charge in [0.2, 0.25) is 0 Å². The fraction of sp³-hybridized carbons (Fsp3) is 0.286. The lowest BCUT2D eigenvalue weighted by atomic mass is 10.1. The van der Waals surface area contributed by atoms with Gasteiger partial charge in [0.25, 0.3) is 5.91 Å². The lowest BCUT2D eigenvalue weighted by molar-refractivity contribution is 0.0872. The molecule has 0 amide bonds. The van der Waals surface area contributed by atoms with E-state index in [4.69, 9.17) is 28.9 Å². The molecule has 104 valence electrons. The Kier molecular flexibility index (Phi) is 3.22. The van der Waals surface area contributed by atoms with Crippen LogP contribution in [0.3, 0.4) is 0 Å². The first-order valence-corrected chi connectivity index (χ1v) is 7.09. The molecule has 1 aliphatic carbocycles. The van der Waals surface area contributed by atoms with Crippen molar-refractivity contribution in [2.24, 2.45) is 5.92 Å². The van der Waals surface area contributed by atoms with E-state index in [0.717, 1.165) is 24.0 Å². The Labute approximate surface area is 126 Å². The van der Waals surface area contributed by atoms with Gasteiger partial charge in [-0.2, -0.15) is 9.78 Å². The quantitative estimate of drug-likeness (QED) is 0.918. The SMILES string of the molecule is Cc1nn(C(=O)C2CC2)c(N)c1-c1ccc(Cl)c(Cl)c1. The zero-order chi connectivity index (χ0) is 14.4. The second-order valence-corrected chi connectivity index (χ2v) is 5.81. The highest BCUT2D eigenvalue weighted by Gasteiger charge is 2.33. The van der Waals surface area contributed by atoms with Crippen LogP contribution in [0.15, 0.2) is 18.2 Å². The van der Waals surface area contributed by atoms with Gasteiger partial charge in [-0.05, 0) is 37.5 Å². The lowest BCUT2D eigenvalue weighted by Gasteiger charge is -2.05. The largest absolute Gasteiger partial charge is 0.383 e. The molecular formula is C14H13Cl2N3O. The molecule has 1 saturated carbocycles. The molecular weight excluding hydrogens is 297 g/mol. The van der Waals surface area contributed by atoms with E-state index >= 15 is 0 Å². The maximum atomic E-state index is 12.1. The minimum atomic E-state index is -0.0306. The number of anilines is 1. The Morgan fingerprint density at radius 1 is 1.35 bits per heavy atom. The number of aromatic nitrogens is 2. The van der Waals surface area contributed by atoms with Gasteiger partial charge in [0.05, 0.1) is 15.7 Å². The molecule has 0 atom stereocenters. The van der Waals surface area contributed by atoms with Crippen molar-refractivity contribution in [3.63, 3.8) is 0 Å². The zero-order valence-corrected chi connectivity index (χ0v) is 12.4. The number of nitrogens with zero attached hydrogens (tertiary/aromatic N) is 2. The molecule has 20 heavy (non-hydrogen) atoms. The molecule has 2 aromatic rings. The fourth-order valence-electron chi connectivity index (χ4n) is 2.22. The standard InChI is InChI=1S/C14H13Cl2N3O/c1-7-12(9-4-5-10(15)11(16)6-9)13(17)19(18-7)14(20)8-2-3-8/h4-6,8H,2-3,17H2,1H3. The van der Waals surface area contributed by atoms with Crippen LogP contribution in [0.5, 0.6) is 0 Å². The third-order valence-corrected chi connectivity index (χ3v) is 4.18. The van der Waals surface area contributed by atoms with Crippen LogP contribution in [-0.2, 0) is 0 Å². The summed E-state index contributed by atoms with van der Waals surface area (Å²) in [5.74, 6) is 0.396. The maximum Gasteiger partial charge on any atom is 0.251 e. The van der Waals surface area contributed by atoms with Gasteiger partial charge in [-0.25, -0.2) is 0 Å². The van der Waals surface area contributed by atoms with Crippen LogP contribution < -0.4 is 5.73 Å². The first-order valence-electron chi connectivity index (χ1n) is 6.33. The van der Waals surface area contributed by atoms with Gasteiger partial charge in [-0.15, -0.1) is 0 Å². The van der Waals surface area contributed by atoms with Crippen LogP contribution in [0.1, 0.15) is 23.3 Å². The number of nitrogens with two attached hydrogens (primary N) is 1.